The second-order valence-corrected chi connectivity index (χ2v) is 12.4. The molecule has 2 aliphatic carbocycles. The fraction of sp³-hybridized carbons (Fsp3) is 0.455. The number of hydroxylamine groups is 1. The molecule has 3 atom stereocenters. The number of nitrogens with one attached hydrogen (secondary N) is 3. The molecule has 11 heteroatoms. The van der Waals surface area contributed by atoms with Gasteiger partial charge in [0.15, 0.2) is 0 Å². The van der Waals surface area contributed by atoms with Gasteiger partial charge in [-0.05, 0) is 82.2 Å². The Kier molecular flexibility index (Phi) is 8.50. The van der Waals surface area contributed by atoms with Crippen LogP contribution in [0.1, 0.15) is 55.8 Å². The lowest BCUT2D eigenvalue weighted by Gasteiger charge is -2.39. The van der Waals surface area contributed by atoms with Crippen LogP contribution in [0.15, 0.2) is 65.1 Å². The lowest BCUT2D eigenvalue weighted by atomic mass is 9.72. The topological polar surface area (TPSA) is 117 Å². The number of carbonyl (C=O) groups excluding carboxylic acids is 2. The molecule has 0 bridgehead atoms. The van der Waals surface area contributed by atoms with Crippen LogP contribution in [0.5, 0.6) is 5.75 Å². The number of hydrogen-bond donors (Lipinski definition) is 3. The zero-order valence-electron chi connectivity index (χ0n) is 25.4. The van der Waals surface area contributed by atoms with Crippen molar-refractivity contribution in [3.63, 3.8) is 0 Å². The van der Waals surface area contributed by atoms with Crippen molar-refractivity contribution >= 4 is 17.5 Å². The van der Waals surface area contributed by atoms with Crippen molar-refractivity contribution in [2.24, 2.45) is 16.4 Å². The number of halogens is 1. The highest BCUT2D eigenvalue weighted by Crippen LogP contribution is 2.43. The summed E-state index contributed by atoms with van der Waals surface area (Å²) in [5.41, 5.74) is 9.96. The maximum absolute atomic E-state index is 15.0. The largest absolute Gasteiger partial charge is 0.496 e. The number of allylic oxidation sites excluding steroid dienone is 3. The van der Waals surface area contributed by atoms with Gasteiger partial charge in [-0.2, -0.15) is 5.10 Å². The number of ether oxygens (including phenoxy) is 1. The van der Waals surface area contributed by atoms with Gasteiger partial charge in [-0.1, -0.05) is 12.1 Å². The van der Waals surface area contributed by atoms with Gasteiger partial charge in [0.25, 0.3) is 5.91 Å². The number of benzene rings is 1. The van der Waals surface area contributed by atoms with E-state index in [9.17, 15) is 14.0 Å². The van der Waals surface area contributed by atoms with E-state index in [1.807, 2.05) is 36.1 Å². The lowest BCUT2D eigenvalue weighted by Crippen LogP contribution is -2.56. The molecule has 1 aromatic carbocycles. The number of hydrogen-bond acceptors (Lipinski definition) is 8. The van der Waals surface area contributed by atoms with E-state index in [-0.39, 0.29) is 24.4 Å². The van der Waals surface area contributed by atoms with Crippen molar-refractivity contribution in [3.05, 3.63) is 82.6 Å². The van der Waals surface area contributed by atoms with E-state index in [0.717, 1.165) is 35.5 Å². The molecule has 44 heavy (non-hydrogen) atoms. The predicted molar refractivity (Wildman–Crippen MR) is 163 cm³/mol. The number of aryl methyl sites for hydroxylation is 1. The molecule has 0 radical (unpaired) electrons. The Morgan fingerprint density at radius 1 is 1.18 bits per heavy atom. The summed E-state index contributed by atoms with van der Waals surface area (Å²) < 4.78 is 20.4. The van der Waals surface area contributed by atoms with Crippen molar-refractivity contribution in [1.29, 1.82) is 0 Å². The minimum atomic E-state index is -0.544. The summed E-state index contributed by atoms with van der Waals surface area (Å²) in [6.07, 6.45) is 9.29. The van der Waals surface area contributed by atoms with Gasteiger partial charge in [0.05, 0.1) is 30.9 Å². The molecule has 1 unspecified atom stereocenters. The average Bonchev–Trinajstić information content (AvgIpc) is 3.77. The van der Waals surface area contributed by atoms with Gasteiger partial charge in [-0.3, -0.25) is 29.7 Å². The molecular weight excluding hydrogens is 563 g/mol. The molecule has 2 fully saturated rings. The third kappa shape index (κ3) is 6.25. The Balaban J connectivity index is 1.15. The number of aromatic nitrogens is 1. The van der Waals surface area contributed by atoms with Gasteiger partial charge in [0.1, 0.15) is 11.6 Å². The molecular formula is C33H39FN6O4. The maximum atomic E-state index is 15.0. The number of pyridine rings is 1. The summed E-state index contributed by atoms with van der Waals surface area (Å²) in [5, 5.41) is 7.81. The molecule has 10 nitrogen and oxygen atoms in total. The number of rotatable bonds is 10. The quantitative estimate of drug-likeness (QED) is 0.356. The Hall–Kier alpha value is -4.09. The second kappa shape index (κ2) is 12.5. The third-order valence-corrected chi connectivity index (χ3v) is 9.03. The summed E-state index contributed by atoms with van der Waals surface area (Å²) in [4.78, 5) is 38.5. The van der Waals surface area contributed by atoms with Crippen LogP contribution in [0, 0.1) is 24.1 Å². The normalized spacial score (nSPS) is 24.8. The Morgan fingerprint density at radius 2 is 2.02 bits per heavy atom. The Bertz CT molecular complexity index is 1540. The number of carbonyl (C=O) groups is 2. The number of fused-ring (bicyclic) bond motifs is 1. The standard InChI is InChI=1S/C33H39FN6O4/c1-20-15-22(13-14-35-20)30-33(2)16-23(9-12-29(33)37-38-30)31(41)36-24-10-11-27(32(42)39-44-19-21-7-8-21)40(17-24)18-25-26(34)5-4-6-28(25)43-3/h4-6,9,12-15,21,24,27,37H,7-8,10-11,16-19H2,1-3H3,(H,36,41)(H,39,42)/t24-,27+,33?/m1/s1. The molecule has 3 N–H and O–H groups in total. The van der Waals surface area contributed by atoms with E-state index in [1.165, 1.54) is 13.2 Å². The Morgan fingerprint density at radius 3 is 2.80 bits per heavy atom. The molecule has 1 aromatic heterocycles. The minimum absolute atomic E-state index is 0.145. The zero-order chi connectivity index (χ0) is 30.8. The molecule has 1 saturated carbocycles. The summed E-state index contributed by atoms with van der Waals surface area (Å²) in [5.74, 6) is 0.0740. The fourth-order valence-corrected chi connectivity index (χ4v) is 6.33. The van der Waals surface area contributed by atoms with Crippen LogP contribution in [0.2, 0.25) is 0 Å². The van der Waals surface area contributed by atoms with Gasteiger partial charge in [-0.15, -0.1) is 0 Å². The molecule has 2 aliphatic heterocycles. The van der Waals surface area contributed by atoms with Gasteiger partial charge in [0.2, 0.25) is 5.91 Å². The molecule has 1 saturated heterocycles. The Labute approximate surface area is 256 Å². The van der Waals surface area contributed by atoms with Gasteiger partial charge in [0, 0.05) is 53.4 Å². The maximum Gasteiger partial charge on any atom is 0.260 e. The van der Waals surface area contributed by atoms with E-state index in [4.69, 9.17) is 9.57 Å². The number of amides is 2. The minimum Gasteiger partial charge on any atom is -0.496 e. The van der Waals surface area contributed by atoms with Crippen LogP contribution in [0.3, 0.4) is 0 Å². The van der Waals surface area contributed by atoms with E-state index in [0.29, 0.717) is 55.2 Å². The van der Waals surface area contributed by atoms with Crippen LogP contribution >= 0.6 is 0 Å². The van der Waals surface area contributed by atoms with E-state index < -0.39 is 17.3 Å². The molecule has 0 spiro atoms. The number of likely N-dealkylation sites (tertiary alicyclic amines) is 1. The molecule has 3 heterocycles. The molecule has 2 aromatic rings. The highest BCUT2D eigenvalue weighted by atomic mass is 19.1. The lowest BCUT2D eigenvalue weighted by molar-refractivity contribution is -0.141. The van der Waals surface area contributed by atoms with Crippen molar-refractivity contribution in [1.82, 2.24) is 26.1 Å². The number of hydrazone groups is 1. The number of methoxy groups -OCH3 is 1. The second-order valence-electron chi connectivity index (χ2n) is 12.4. The van der Waals surface area contributed by atoms with Crippen LogP contribution in [-0.4, -0.2) is 59.8 Å². The molecule has 2 amide bonds. The predicted octanol–water partition coefficient (Wildman–Crippen LogP) is 3.67. The summed E-state index contributed by atoms with van der Waals surface area (Å²) in [7, 11) is 1.50. The monoisotopic (exact) mass is 602 g/mol. The first-order valence-electron chi connectivity index (χ1n) is 15.2. The van der Waals surface area contributed by atoms with Gasteiger partial charge < -0.3 is 10.1 Å². The van der Waals surface area contributed by atoms with Crippen LogP contribution in [-0.2, 0) is 21.0 Å². The first kappa shape index (κ1) is 30.0. The van der Waals surface area contributed by atoms with Crippen LogP contribution in [0.25, 0.3) is 0 Å². The SMILES string of the molecule is COc1cccc(F)c1CN1C[C@H](NC(=O)C2=CC=C3NN=C(c4ccnc(C)c4)C3(C)C2)CC[C@H]1C(=O)NOCC1CC1. The van der Waals surface area contributed by atoms with Crippen molar-refractivity contribution in [3.8, 4) is 5.75 Å². The highest BCUT2D eigenvalue weighted by Gasteiger charge is 2.44. The van der Waals surface area contributed by atoms with Gasteiger partial charge in [-0.25, -0.2) is 9.87 Å². The fourth-order valence-electron chi connectivity index (χ4n) is 6.33. The van der Waals surface area contributed by atoms with Crippen LogP contribution < -0.4 is 21.0 Å². The van der Waals surface area contributed by atoms with Crippen molar-refractivity contribution < 1.29 is 23.6 Å². The summed E-state index contributed by atoms with van der Waals surface area (Å²) in [6.45, 7) is 5.03. The van der Waals surface area contributed by atoms with Gasteiger partial charge >= 0.3 is 0 Å². The summed E-state index contributed by atoms with van der Waals surface area (Å²) >= 11 is 0. The van der Waals surface area contributed by atoms with E-state index in [2.05, 4.69) is 33.2 Å². The first-order chi connectivity index (χ1) is 21.2. The van der Waals surface area contributed by atoms with Crippen molar-refractivity contribution in [2.45, 2.75) is 64.6 Å². The summed E-state index contributed by atoms with van der Waals surface area (Å²) in [6, 6.07) is 7.83. The zero-order valence-corrected chi connectivity index (χ0v) is 25.4. The highest BCUT2D eigenvalue weighted by molar-refractivity contribution is 6.09. The van der Waals surface area contributed by atoms with Crippen molar-refractivity contribution in [2.75, 3.05) is 20.3 Å². The average molecular weight is 603 g/mol. The van der Waals surface area contributed by atoms with E-state index >= 15 is 0 Å². The smallest absolute Gasteiger partial charge is 0.260 e. The first-order valence-corrected chi connectivity index (χ1v) is 15.2. The third-order valence-electron chi connectivity index (χ3n) is 9.03. The molecule has 4 aliphatic rings. The number of nitrogens with zero attached hydrogens (tertiary/aromatic N) is 3. The van der Waals surface area contributed by atoms with Crippen LogP contribution in [0.4, 0.5) is 4.39 Å². The molecule has 6 rings (SSSR count). The molecule has 232 valence electrons. The van der Waals surface area contributed by atoms with E-state index in [1.54, 1.807) is 18.3 Å². The number of piperidine rings is 1.